The fraction of sp³-hybridized carbons (Fsp3) is 0.440. The van der Waals surface area contributed by atoms with Crippen molar-refractivity contribution in [2.75, 3.05) is 42.1 Å². The summed E-state index contributed by atoms with van der Waals surface area (Å²) in [4.78, 5) is 19.5. The van der Waals surface area contributed by atoms with Crippen molar-refractivity contribution in [2.24, 2.45) is 0 Å². The van der Waals surface area contributed by atoms with Crippen LogP contribution in [-0.2, 0) is 6.42 Å². The number of para-hydroxylation sites is 1. The topological polar surface area (TPSA) is 124 Å². The molecule has 0 amide bonds. The molecule has 3 heterocycles. The molecule has 6 N–H and O–H groups in total. The van der Waals surface area contributed by atoms with Crippen LogP contribution >= 0.6 is 11.3 Å². The molecule has 9 heteroatoms. The Morgan fingerprint density at radius 3 is 2.68 bits per heavy atom. The molecule has 0 bridgehead atoms. The lowest BCUT2D eigenvalue weighted by molar-refractivity contribution is 0.0703. The molecule has 1 fully saturated rings. The minimum absolute atomic E-state index is 0.167. The van der Waals surface area contributed by atoms with E-state index in [-0.39, 0.29) is 4.88 Å². The number of hydrogen-bond donors (Lipinski definition) is 5. The predicted molar refractivity (Wildman–Crippen MR) is 139 cm³/mol. The molecule has 8 nitrogen and oxygen atoms in total. The maximum absolute atomic E-state index is 11.6. The molecular formula is C25H33N5O3S. The van der Waals surface area contributed by atoms with Crippen LogP contribution in [0.15, 0.2) is 36.4 Å². The Hall–Kier alpha value is -2.88. The van der Waals surface area contributed by atoms with E-state index in [9.17, 15) is 15.0 Å². The number of nitrogens with two attached hydrogens (primary N) is 1. The lowest BCUT2D eigenvalue weighted by Gasteiger charge is -2.34. The van der Waals surface area contributed by atoms with E-state index in [1.165, 1.54) is 0 Å². The number of benzene rings is 1. The number of carboxylic acid groups (broad SMARTS) is 1. The fourth-order valence-electron chi connectivity index (χ4n) is 4.45. The number of aromatic carboxylic acids is 1. The van der Waals surface area contributed by atoms with Crippen molar-refractivity contribution >= 4 is 44.7 Å². The molecule has 1 unspecified atom stereocenters. The van der Waals surface area contributed by atoms with E-state index in [1.54, 1.807) is 0 Å². The highest BCUT2D eigenvalue weighted by atomic mass is 32.1. The highest BCUT2D eigenvalue weighted by molar-refractivity contribution is 7.21. The van der Waals surface area contributed by atoms with Crippen LogP contribution in [0.25, 0.3) is 10.2 Å². The van der Waals surface area contributed by atoms with Gasteiger partial charge in [-0.2, -0.15) is 0 Å². The van der Waals surface area contributed by atoms with Crippen LogP contribution in [0, 0.1) is 0 Å². The van der Waals surface area contributed by atoms with Crippen LogP contribution in [0.5, 0.6) is 0 Å². The van der Waals surface area contributed by atoms with Crippen molar-refractivity contribution in [1.82, 2.24) is 10.3 Å². The third-order valence-electron chi connectivity index (χ3n) is 6.26. The van der Waals surface area contributed by atoms with Gasteiger partial charge in [0.1, 0.15) is 15.5 Å². The Bertz CT molecular complexity index is 1110. The molecule has 0 radical (unpaired) electrons. The largest absolute Gasteiger partial charge is 0.477 e. The summed E-state index contributed by atoms with van der Waals surface area (Å²) < 4.78 is 0. The van der Waals surface area contributed by atoms with Gasteiger partial charge >= 0.3 is 5.97 Å². The van der Waals surface area contributed by atoms with E-state index in [1.807, 2.05) is 30.3 Å². The fourth-order valence-corrected chi connectivity index (χ4v) is 5.43. The number of nitrogens with zero attached hydrogens (tertiary/aromatic N) is 2. The van der Waals surface area contributed by atoms with E-state index in [2.05, 4.69) is 28.5 Å². The molecule has 1 aliphatic rings. The van der Waals surface area contributed by atoms with Crippen molar-refractivity contribution in [1.29, 1.82) is 0 Å². The Kier molecular flexibility index (Phi) is 7.87. The van der Waals surface area contributed by atoms with Gasteiger partial charge in [0.25, 0.3) is 0 Å². The maximum Gasteiger partial charge on any atom is 0.348 e. The summed E-state index contributed by atoms with van der Waals surface area (Å²) in [6, 6.07) is 12.3. The number of piperidine rings is 1. The molecule has 2 aromatic heterocycles. The van der Waals surface area contributed by atoms with E-state index >= 15 is 0 Å². The third-order valence-corrected chi connectivity index (χ3v) is 7.34. The molecule has 0 spiro atoms. The Morgan fingerprint density at radius 1 is 1.26 bits per heavy atom. The smallest absolute Gasteiger partial charge is 0.348 e. The summed E-state index contributed by atoms with van der Waals surface area (Å²) in [6.45, 7) is 4.86. The molecule has 34 heavy (non-hydrogen) atoms. The standard InChI is InChI=1S/C25H33N5O3S/c1-2-6-16-13-20(29-24-21(16)22(26)23(34-24)25(32)33)30-11-9-18(10-12-30)28-15-19(31)14-27-17-7-4-3-5-8-17/h3-5,7-8,13,18-19,27-28,31H,2,6,9-12,14-15,26H2,1H3,(H,32,33). The van der Waals surface area contributed by atoms with Gasteiger partial charge in [0.05, 0.1) is 11.8 Å². The van der Waals surface area contributed by atoms with E-state index in [4.69, 9.17) is 10.7 Å². The zero-order valence-electron chi connectivity index (χ0n) is 19.5. The molecule has 0 aliphatic carbocycles. The van der Waals surface area contributed by atoms with Crippen LogP contribution in [0.2, 0.25) is 0 Å². The monoisotopic (exact) mass is 483 g/mol. The maximum atomic E-state index is 11.6. The van der Waals surface area contributed by atoms with Gasteiger partial charge in [0, 0.05) is 43.3 Å². The molecule has 182 valence electrons. The normalized spacial score (nSPS) is 15.5. The number of anilines is 3. The molecule has 1 saturated heterocycles. The number of aliphatic hydroxyl groups excluding tert-OH is 1. The first-order chi connectivity index (χ1) is 16.5. The predicted octanol–water partition coefficient (Wildman–Crippen LogP) is 3.56. The van der Waals surface area contributed by atoms with Gasteiger partial charge in [-0.15, -0.1) is 11.3 Å². The highest BCUT2D eigenvalue weighted by Gasteiger charge is 2.24. The number of fused-ring (bicyclic) bond motifs is 1. The van der Waals surface area contributed by atoms with Gasteiger partial charge < -0.3 is 31.5 Å². The van der Waals surface area contributed by atoms with Gasteiger partial charge in [0.15, 0.2) is 0 Å². The van der Waals surface area contributed by atoms with Gasteiger partial charge in [-0.25, -0.2) is 9.78 Å². The molecule has 3 aromatic rings. The van der Waals surface area contributed by atoms with Gasteiger partial charge in [-0.05, 0) is 43.0 Å². The van der Waals surface area contributed by atoms with Crippen molar-refractivity contribution in [3.8, 4) is 0 Å². The number of nitrogen functional groups attached to an aromatic ring is 1. The summed E-state index contributed by atoms with van der Waals surface area (Å²) in [5.74, 6) is -0.114. The highest BCUT2D eigenvalue weighted by Crippen LogP contribution is 2.37. The molecule has 1 atom stereocenters. The number of rotatable bonds is 10. The average molecular weight is 484 g/mol. The van der Waals surface area contributed by atoms with Crippen LogP contribution in [-0.4, -0.2) is 59.5 Å². The summed E-state index contributed by atoms with van der Waals surface area (Å²) in [5.41, 5.74) is 8.58. The number of thiophene rings is 1. The summed E-state index contributed by atoms with van der Waals surface area (Å²) >= 11 is 1.16. The number of carboxylic acids is 1. The first-order valence-electron chi connectivity index (χ1n) is 11.9. The Labute approximate surface area is 203 Å². The average Bonchev–Trinajstić information content (AvgIpc) is 3.19. The second-order valence-electron chi connectivity index (χ2n) is 8.79. The minimum Gasteiger partial charge on any atom is -0.477 e. The van der Waals surface area contributed by atoms with Crippen molar-refractivity contribution in [2.45, 2.75) is 44.8 Å². The second kappa shape index (κ2) is 11.0. The number of carbonyl (C=O) groups is 1. The van der Waals surface area contributed by atoms with Crippen LogP contribution in [0.3, 0.4) is 0 Å². The van der Waals surface area contributed by atoms with Gasteiger partial charge in [-0.1, -0.05) is 31.5 Å². The van der Waals surface area contributed by atoms with Crippen LogP contribution < -0.4 is 21.3 Å². The van der Waals surface area contributed by atoms with Gasteiger partial charge in [0.2, 0.25) is 0 Å². The molecular weight excluding hydrogens is 450 g/mol. The van der Waals surface area contributed by atoms with Crippen molar-refractivity contribution in [3.05, 3.63) is 46.8 Å². The van der Waals surface area contributed by atoms with E-state index in [0.29, 0.717) is 29.6 Å². The third kappa shape index (κ3) is 5.60. The molecule has 1 aliphatic heterocycles. The van der Waals surface area contributed by atoms with Crippen molar-refractivity contribution in [3.63, 3.8) is 0 Å². The zero-order valence-corrected chi connectivity index (χ0v) is 20.3. The second-order valence-corrected chi connectivity index (χ2v) is 9.79. The molecule has 4 rings (SSSR count). The number of aromatic nitrogens is 1. The van der Waals surface area contributed by atoms with Gasteiger partial charge in [-0.3, -0.25) is 0 Å². The SMILES string of the molecule is CCCc1cc(N2CCC(NCC(O)CNc3ccccc3)CC2)nc2sc(C(=O)O)c(N)c12. The Morgan fingerprint density at radius 2 is 2.00 bits per heavy atom. The zero-order chi connectivity index (χ0) is 24.1. The Balaban J connectivity index is 1.34. The number of aliphatic hydroxyl groups is 1. The minimum atomic E-state index is -1.00. The molecule has 1 aromatic carbocycles. The number of aryl methyl sites for hydroxylation is 1. The number of pyridine rings is 1. The summed E-state index contributed by atoms with van der Waals surface area (Å²) in [5, 5.41) is 27.3. The first kappa shape index (κ1) is 24.3. The first-order valence-corrected chi connectivity index (χ1v) is 12.7. The van der Waals surface area contributed by atoms with Crippen LogP contribution in [0.1, 0.15) is 41.4 Å². The van der Waals surface area contributed by atoms with E-state index in [0.717, 1.165) is 72.6 Å². The lowest BCUT2D eigenvalue weighted by Crippen LogP contribution is -2.45. The quantitative estimate of drug-likeness (QED) is 0.297. The summed E-state index contributed by atoms with van der Waals surface area (Å²) in [6.07, 6.45) is 3.22. The number of hydrogen-bond acceptors (Lipinski definition) is 8. The lowest BCUT2D eigenvalue weighted by atomic mass is 10.0. The van der Waals surface area contributed by atoms with Crippen LogP contribution in [0.4, 0.5) is 17.2 Å². The van der Waals surface area contributed by atoms with Crippen molar-refractivity contribution < 1.29 is 15.0 Å². The number of nitrogens with one attached hydrogen (secondary N) is 2. The summed E-state index contributed by atoms with van der Waals surface area (Å²) in [7, 11) is 0. The molecule has 0 saturated carbocycles. The van der Waals surface area contributed by atoms with E-state index < -0.39 is 12.1 Å².